The van der Waals surface area contributed by atoms with Crippen LogP contribution in [-0.2, 0) is 9.53 Å². The summed E-state index contributed by atoms with van der Waals surface area (Å²) in [4.78, 5) is 16.4. The summed E-state index contributed by atoms with van der Waals surface area (Å²) in [5.41, 5.74) is 1.44. The molecule has 3 rings (SSSR count). The van der Waals surface area contributed by atoms with Crippen molar-refractivity contribution in [1.29, 1.82) is 0 Å². The number of nitrogens with zero attached hydrogens (tertiary/aromatic N) is 1. The normalized spacial score (nSPS) is 21.9. The summed E-state index contributed by atoms with van der Waals surface area (Å²) in [5, 5.41) is 2.88. The van der Waals surface area contributed by atoms with E-state index in [1.54, 1.807) is 0 Å². The lowest BCUT2D eigenvalue weighted by molar-refractivity contribution is -0.115. The standard InChI is InChI=1S/C15H15BrN2O2/c16-12-3-1-2-10(8-12)9-13-15(19)18-14(17-13)11-4-6-20-7-5-11/h1-3,8-9,11H,4-7H2,(H,17,18,19)/b13-9+. The van der Waals surface area contributed by atoms with Gasteiger partial charge < -0.3 is 10.1 Å². The van der Waals surface area contributed by atoms with Gasteiger partial charge in [0.2, 0.25) is 0 Å². The Kier molecular flexibility index (Phi) is 3.98. The first-order chi connectivity index (χ1) is 9.72. The van der Waals surface area contributed by atoms with Crippen LogP contribution in [0.3, 0.4) is 0 Å². The number of hydrogen-bond acceptors (Lipinski definition) is 3. The van der Waals surface area contributed by atoms with Crippen LogP contribution in [0.15, 0.2) is 39.4 Å². The summed E-state index contributed by atoms with van der Waals surface area (Å²) in [5.74, 6) is 0.979. The van der Waals surface area contributed by atoms with Crippen molar-refractivity contribution in [2.24, 2.45) is 10.9 Å². The predicted octanol–water partition coefficient (Wildman–Crippen LogP) is 2.74. The van der Waals surface area contributed by atoms with Gasteiger partial charge in [-0.15, -0.1) is 0 Å². The van der Waals surface area contributed by atoms with Gasteiger partial charge in [0.25, 0.3) is 5.91 Å². The molecule has 2 aliphatic rings. The Hall–Kier alpha value is -1.46. The van der Waals surface area contributed by atoms with Gasteiger partial charge in [0.15, 0.2) is 0 Å². The van der Waals surface area contributed by atoms with Crippen LogP contribution in [-0.4, -0.2) is 25.0 Å². The fourth-order valence-electron chi connectivity index (χ4n) is 2.41. The van der Waals surface area contributed by atoms with E-state index in [9.17, 15) is 4.79 Å². The lowest BCUT2D eigenvalue weighted by Gasteiger charge is -2.21. The number of carbonyl (C=O) groups is 1. The van der Waals surface area contributed by atoms with E-state index < -0.39 is 0 Å². The quantitative estimate of drug-likeness (QED) is 0.845. The van der Waals surface area contributed by atoms with E-state index in [0.29, 0.717) is 11.6 Å². The average Bonchev–Trinajstić information content (AvgIpc) is 2.81. The zero-order valence-electron chi connectivity index (χ0n) is 10.9. The van der Waals surface area contributed by atoms with E-state index >= 15 is 0 Å². The van der Waals surface area contributed by atoms with E-state index in [-0.39, 0.29) is 5.91 Å². The summed E-state index contributed by atoms with van der Waals surface area (Å²) < 4.78 is 6.32. The zero-order valence-corrected chi connectivity index (χ0v) is 12.5. The summed E-state index contributed by atoms with van der Waals surface area (Å²) in [7, 11) is 0. The van der Waals surface area contributed by atoms with Crippen LogP contribution in [0.4, 0.5) is 0 Å². The minimum atomic E-state index is -0.119. The number of amidine groups is 1. The number of nitrogens with one attached hydrogen (secondary N) is 1. The van der Waals surface area contributed by atoms with Crippen molar-refractivity contribution in [3.8, 4) is 0 Å². The first kappa shape index (κ1) is 13.5. The lowest BCUT2D eigenvalue weighted by atomic mass is 9.99. The van der Waals surface area contributed by atoms with E-state index in [4.69, 9.17) is 4.74 Å². The molecule has 1 fully saturated rings. The van der Waals surface area contributed by atoms with Crippen LogP contribution in [0.2, 0.25) is 0 Å². The number of carbonyl (C=O) groups excluding carboxylic acids is 1. The molecule has 1 aromatic carbocycles. The maximum atomic E-state index is 12.0. The van der Waals surface area contributed by atoms with Gasteiger partial charge in [-0.1, -0.05) is 28.1 Å². The molecule has 0 radical (unpaired) electrons. The van der Waals surface area contributed by atoms with Crippen molar-refractivity contribution < 1.29 is 9.53 Å². The lowest BCUT2D eigenvalue weighted by Crippen LogP contribution is -2.33. The van der Waals surface area contributed by atoms with Crippen molar-refractivity contribution in [3.63, 3.8) is 0 Å². The number of halogens is 1. The van der Waals surface area contributed by atoms with Crippen LogP contribution in [0.5, 0.6) is 0 Å². The Morgan fingerprint density at radius 3 is 2.90 bits per heavy atom. The molecular formula is C15H15BrN2O2. The van der Waals surface area contributed by atoms with E-state index in [0.717, 1.165) is 41.9 Å². The molecule has 0 spiro atoms. The maximum absolute atomic E-state index is 12.0. The van der Waals surface area contributed by atoms with Gasteiger partial charge in [-0.2, -0.15) is 0 Å². The fraction of sp³-hybridized carbons (Fsp3) is 0.333. The number of aliphatic imine (C=N–C) groups is 1. The molecule has 2 heterocycles. The summed E-state index contributed by atoms with van der Waals surface area (Å²) in [6.07, 6.45) is 3.65. The Labute approximate surface area is 126 Å². The zero-order chi connectivity index (χ0) is 13.9. The number of hydrogen-bond donors (Lipinski definition) is 1. The van der Waals surface area contributed by atoms with Crippen LogP contribution < -0.4 is 5.32 Å². The minimum Gasteiger partial charge on any atom is -0.381 e. The molecule has 0 atom stereocenters. The van der Waals surface area contributed by atoms with Crippen molar-refractivity contribution >= 4 is 33.7 Å². The number of amides is 1. The van der Waals surface area contributed by atoms with E-state index in [1.807, 2.05) is 30.3 Å². The van der Waals surface area contributed by atoms with Crippen molar-refractivity contribution in [3.05, 3.63) is 40.0 Å². The molecule has 1 aromatic rings. The molecular weight excluding hydrogens is 320 g/mol. The molecule has 0 bridgehead atoms. The average molecular weight is 335 g/mol. The van der Waals surface area contributed by atoms with Gasteiger partial charge in [0.05, 0.1) is 0 Å². The Morgan fingerprint density at radius 2 is 2.15 bits per heavy atom. The number of benzene rings is 1. The van der Waals surface area contributed by atoms with Gasteiger partial charge in [-0.25, -0.2) is 4.99 Å². The van der Waals surface area contributed by atoms with Gasteiger partial charge in [-0.05, 0) is 36.6 Å². The third kappa shape index (κ3) is 2.99. The van der Waals surface area contributed by atoms with Crippen LogP contribution in [0.25, 0.3) is 6.08 Å². The molecule has 1 N–H and O–H groups in total. The van der Waals surface area contributed by atoms with Crippen LogP contribution in [0, 0.1) is 5.92 Å². The third-order valence-electron chi connectivity index (χ3n) is 3.48. The number of rotatable bonds is 2. The van der Waals surface area contributed by atoms with E-state index in [2.05, 4.69) is 26.2 Å². The summed E-state index contributed by atoms with van der Waals surface area (Å²) in [6.45, 7) is 1.48. The molecule has 0 saturated carbocycles. The molecule has 5 heteroatoms. The van der Waals surface area contributed by atoms with Crippen molar-refractivity contribution in [2.45, 2.75) is 12.8 Å². The molecule has 2 aliphatic heterocycles. The van der Waals surface area contributed by atoms with Crippen molar-refractivity contribution in [2.75, 3.05) is 13.2 Å². The van der Waals surface area contributed by atoms with Gasteiger partial charge in [-0.3, -0.25) is 4.79 Å². The summed E-state index contributed by atoms with van der Waals surface area (Å²) >= 11 is 3.42. The highest BCUT2D eigenvalue weighted by Gasteiger charge is 2.27. The minimum absolute atomic E-state index is 0.119. The molecule has 1 saturated heterocycles. The van der Waals surface area contributed by atoms with Crippen LogP contribution in [0.1, 0.15) is 18.4 Å². The van der Waals surface area contributed by atoms with Gasteiger partial charge in [0, 0.05) is 23.6 Å². The van der Waals surface area contributed by atoms with Crippen LogP contribution >= 0.6 is 15.9 Å². The molecule has 0 aromatic heterocycles. The third-order valence-corrected chi connectivity index (χ3v) is 3.97. The highest BCUT2D eigenvalue weighted by atomic mass is 79.9. The second-order valence-electron chi connectivity index (χ2n) is 4.92. The second-order valence-corrected chi connectivity index (χ2v) is 5.84. The van der Waals surface area contributed by atoms with Gasteiger partial charge >= 0.3 is 0 Å². The predicted molar refractivity (Wildman–Crippen MR) is 81.2 cm³/mol. The highest BCUT2D eigenvalue weighted by molar-refractivity contribution is 9.10. The topological polar surface area (TPSA) is 50.7 Å². The summed E-state index contributed by atoms with van der Waals surface area (Å²) in [6, 6.07) is 7.80. The van der Waals surface area contributed by atoms with Crippen molar-refractivity contribution in [1.82, 2.24) is 5.32 Å². The maximum Gasteiger partial charge on any atom is 0.275 e. The van der Waals surface area contributed by atoms with E-state index in [1.165, 1.54) is 0 Å². The van der Waals surface area contributed by atoms with Gasteiger partial charge in [0.1, 0.15) is 11.5 Å². The molecule has 1 amide bonds. The largest absolute Gasteiger partial charge is 0.381 e. The molecule has 4 nitrogen and oxygen atoms in total. The fourth-order valence-corrected chi connectivity index (χ4v) is 2.82. The molecule has 104 valence electrons. The monoisotopic (exact) mass is 334 g/mol. The Balaban J connectivity index is 1.82. The Bertz CT molecular complexity index is 589. The molecule has 0 aliphatic carbocycles. The molecule has 20 heavy (non-hydrogen) atoms. The number of ether oxygens (including phenoxy) is 1. The second kappa shape index (κ2) is 5.89. The smallest absolute Gasteiger partial charge is 0.275 e. The first-order valence-electron chi connectivity index (χ1n) is 6.67. The SMILES string of the molecule is O=C1NC(C2CCOCC2)=N/C1=C/c1cccc(Br)c1. The Morgan fingerprint density at radius 1 is 1.35 bits per heavy atom. The highest BCUT2D eigenvalue weighted by Crippen LogP contribution is 2.22. The first-order valence-corrected chi connectivity index (χ1v) is 7.46. The molecule has 0 unspecified atom stereocenters.